The second kappa shape index (κ2) is 5.89. The molecule has 0 aliphatic rings. The van der Waals surface area contributed by atoms with E-state index in [2.05, 4.69) is 26.2 Å². The third-order valence-electron chi connectivity index (χ3n) is 4.12. The van der Waals surface area contributed by atoms with Crippen molar-refractivity contribution in [3.05, 3.63) is 70.6 Å². The van der Waals surface area contributed by atoms with E-state index in [1.54, 1.807) is 22.6 Å². The fraction of sp³-hybridized carbons (Fsp3) is 0.0526. The number of nitrogens with one attached hydrogen (secondary N) is 1. The molecular weight excluding hydrogens is 382 g/mol. The summed E-state index contributed by atoms with van der Waals surface area (Å²) in [6.45, 7) is 1.81. The molecule has 0 spiro atoms. The topological polar surface area (TPSA) is 66.6 Å². The van der Waals surface area contributed by atoms with Crippen LogP contribution in [0.25, 0.3) is 16.4 Å². The van der Waals surface area contributed by atoms with Crippen molar-refractivity contribution in [3.8, 4) is 5.75 Å². The second-order valence-corrected chi connectivity index (χ2v) is 6.67. The van der Waals surface area contributed by atoms with Gasteiger partial charge in [0.2, 0.25) is 0 Å². The van der Waals surface area contributed by atoms with Crippen molar-refractivity contribution in [2.45, 2.75) is 6.92 Å². The Morgan fingerprint density at radius 1 is 1.12 bits per heavy atom. The Balaban J connectivity index is 1.80. The van der Waals surface area contributed by atoms with Crippen molar-refractivity contribution in [2.24, 2.45) is 0 Å². The molecule has 0 bridgehead atoms. The highest BCUT2D eigenvalue weighted by Gasteiger charge is 2.18. The Kier molecular flexibility index (Phi) is 3.69. The minimum absolute atomic E-state index is 0.184. The van der Waals surface area contributed by atoms with Crippen LogP contribution in [0, 0.1) is 6.92 Å². The lowest BCUT2D eigenvalue weighted by molar-refractivity contribution is 0.102. The van der Waals surface area contributed by atoms with Crippen molar-refractivity contribution >= 4 is 43.9 Å². The van der Waals surface area contributed by atoms with E-state index in [1.165, 1.54) is 0 Å². The maximum atomic E-state index is 12.9. The van der Waals surface area contributed by atoms with E-state index in [1.807, 2.05) is 43.5 Å². The number of carbonyl (C=O) groups is 1. The number of nitrogens with zero attached hydrogens (tertiary/aromatic N) is 2. The smallest absolute Gasteiger partial charge is 0.274 e. The number of pyridine rings is 1. The molecule has 0 saturated heterocycles. The van der Waals surface area contributed by atoms with Crippen LogP contribution in [0.15, 0.2) is 59.2 Å². The number of fused-ring (bicyclic) bond motifs is 2. The van der Waals surface area contributed by atoms with Gasteiger partial charge in [0.05, 0.1) is 5.69 Å². The molecule has 0 aliphatic heterocycles. The van der Waals surface area contributed by atoms with Crippen molar-refractivity contribution in [3.63, 3.8) is 0 Å². The first-order valence-corrected chi connectivity index (χ1v) is 8.50. The normalized spacial score (nSPS) is 11.1. The second-order valence-electron chi connectivity index (χ2n) is 5.75. The molecule has 2 N–H and O–H groups in total. The van der Waals surface area contributed by atoms with E-state index >= 15 is 0 Å². The lowest BCUT2D eigenvalue weighted by Gasteiger charge is -2.10. The number of hydrogen-bond donors (Lipinski definition) is 2. The molecule has 0 unspecified atom stereocenters. The van der Waals surface area contributed by atoms with Crippen LogP contribution in [0.4, 0.5) is 5.69 Å². The van der Waals surface area contributed by atoms with Crippen LogP contribution in [0.1, 0.15) is 16.2 Å². The summed E-state index contributed by atoms with van der Waals surface area (Å²) in [5.74, 6) is -0.0672. The molecule has 0 saturated carbocycles. The summed E-state index contributed by atoms with van der Waals surface area (Å²) in [6, 6.07) is 14.4. The van der Waals surface area contributed by atoms with Crippen LogP contribution in [0.2, 0.25) is 0 Å². The van der Waals surface area contributed by atoms with Gasteiger partial charge in [-0.3, -0.25) is 9.20 Å². The van der Waals surface area contributed by atoms with Gasteiger partial charge in [-0.1, -0.05) is 24.3 Å². The lowest BCUT2D eigenvalue weighted by atomic mass is 10.1. The first kappa shape index (κ1) is 15.7. The summed E-state index contributed by atoms with van der Waals surface area (Å²) >= 11 is 3.42. The Hall–Kier alpha value is -2.86. The van der Waals surface area contributed by atoms with E-state index < -0.39 is 0 Å². The van der Waals surface area contributed by atoms with E-state index in [4.69, 9.17) is 0 Å². The highest BCUT2D eigenvalue weighted by Crippen LogP contribution is 2.30. The van der Waals surface area contributed by atoms with Crippen molar-refractivity contribution in [1.29, 1.82) is 0 Å². The lowest BCUT2D eigenvalue weighted by Crippen LogP contribution is -2.15. The zero-order valence-corrected chi connectivity index (χ0v) is 14.9. The fourth-order valence-corrected chi connectivity index (χ4v) is 3.33. The largest absolute Gasteiger partial charge is 0.507 e. The number of aromatic nitrogens is 2. The first-order valence-electron chi connectivity index (χ1n) is 7.71. The summed E-state index contributed by atoms with van der Waals surface area (Å²) in [4.78, 5) is 17.3. The van der Waals surface area contributed by atoms with Gasteiger partial charge in [-0.25, -0.2) is 4.98 Å². The van der Waals surface area contributed by atoms with E-state index in [9.17, 15) is 9.90 Å². The van der Waals surface area contributed by atoms with Gasteiger partial charge in [0, 0.05) is 27.1 Å². The highest BCUT2D eigenvalue weighted by atomic mass is 79.9. The predicted octanol–water partition coefficient (Wildman–Crippen LogP) is 4.52. The zero-order chi connectivity index (χ0) is 17.6. The van der Waals surface area contributed by atoms with E-state index in [0.29, 0.717) is 28.1 Å². The third-order valence-corrected chi connectivity index (χ3v) is 4.59. The summed E-state index contributed by atoms with van der Waals surface area (Å²) in [7, 11) is 0. The molecule has 2 aromatic heterocycles. The van der Waals surface area contributed by atoms with Gasteiger partial charge in [-0.15, -0.1) is 0 Å². The molecular formula is C19H14BrN3O2. The molecule has 2 heterocycles. The summed E-state index contributed by atoms with van der Waals surface area (Å²) < 4.78 is 2.62. The number of aryl methyl sites for hydroxylation is 1. The van der Waals surface area contributed by atoms with Crippen LogP contribution in [0.5, 0.6) is 5.75 Å². The maximum Gasteiger partial charge on any atom is 0.274 e. The van der Waals surface area contributed by atoms with Gasteiger partial charge in [-0.05, 0) is 47.1 Å². The van der Waals surface area contributed by atoms with Crippen LogP contribution in [-0.4, -0.2) is 20.4 Å². The minimum Gasteiger partial charge on any atom is -0.507 e. The number of phenolic OH excluding ortho intramolecular Hbond substituents is 1. The highest BCUT2D eigenvalue weighted by molar-refractivity contribution is 9.10. The third kappa shape index (κ3) is 2.64. The predicted molar refractivity (Wildman–Crippen MR) is 101 cm³/mol. The Morgan fingerprint density at radius 2 is 1.88 bits per heavy atom. The molecule has 124 valence electrons. The maximum absolute atomic E-state index is 12.9. The average molecular weight is 396 g/mol. The van der Waals surface area contributed by atoms with Crippen LogP contribution >= 0.6 is 15.9 Å². The van der Waals surface area contributed by atoms with E-state index in [0.717, 1.165) is 9.86 Å². The molecule has 0 aliphatic carbocycles. The van der Waals surface area contributed by atoms with Crippen molar-refractivity contribution in [1.82, 2.24) is 9.38 Å². The molecule has 4 rings (SSSR count). The first-order chi connectivity index (χ1) is 12.0. The fourth-order valence-electron chi connectivity index (χ4n) is 2.99. The van der Waals surface area contributed by atoms with Crippen LogP contribution in [0.3, 0.4) is 0 Å². The summed E-state index contributed by atoms with van der Waals surface area (Å²) in [5, 5.41) is 14.4. The molecule has 25 heavy (non-hydrogen) atoms. The van der Waals surface area contributed by atoms with Crippen molar-refractivity contribution in [2.75, 3.05) is 5.32 Å². The number of rotatable bonds is 2. The monoisotopic (exact) mass is 395 g/mol. The van der Waals surface area contributed by atoms with Gasteiger partial charge in [-0.2, -0.15) is 0 Å². The van der Waals surface area contributed by atoms with Gasteiger partial charge in [0.1, 0.15) is 17.1 Å². The molecule has 2 aromatic carbocycles. The molecule has 0 atom stereocenters. The standard InChI is InChI=1S/C19H14BrN3O2/c1-11-18(23-10-12(20)8-9-17(23)21-11)19(25)22-15-6-2-5-14-13(15)4-3-7-16(14)24/h2-10,24H,1H3,(H,22,25). The number of phenols is 1. The Morgan fingerprint density at radius 3 is 2.72 bits per heavy atom. The summed E-state index contributed by atoms with van der Waals surface area (Å²) in [6.07, 6.45) is 1.82. The molecule has 1 amide bonds. The van der Waals surface area contributed by atoms with Crippen molar-refractivity contribution < 1.29 is 9.90 Å². The van der Waals surface area contributed by atoms with Gasteiger partial charge < -0.3 is 10.4 Å². The number of hydrogen-bond acceptors (Lipinski definition) is 3. The number of anilines is 1. The van der Waals surface area contributed by atoms with Crippen LogP contribution in [-0.2, 0) is 0 Å². The molecule has 6 heteroatoms. The number of amides is 1. The molecule has 4 aromatic rings. The Bertz CT molecular complexity index is 1130. The number of imidazole rings is 1. The molecule has 0 fully saturated rings. The quantitative estimate of drug-likeness (QED) is 0.524. The molecule has 0 radical (unpaired) electrons. The number of carbonyl (C=O) groups excluding carboxylic acids is 1. The number of benzene rings is 2. The average Bonchev–Trinajstić information content (AvgIpc) is 2.91. The van der Waals surface area contributed by atoms with Gasteiger partial charge in [0.25, 0.3) is 5.91 Å². The minimum atomic E-state index is -0.251. The van der Waals surface area contributed by atoms with Gasteiger partial charge >= 0.3 is 0 Å². The number of halogens is 1. The Labute approximate surface area is 152 Å². The number of aromatic hydroxyl groups is 1. The van der Waals surface area contributed by atoms with Crippen LogP contribution < -0.4 is 5.32 Å². The summed E-state index contributed by atoms with van der Waals surface area (Å²) in [5.41, 5.74) is 2.48. The van der Waals surface area contributed by atoms with Gasteiger partial charge in [0.15, 0.2) is 0 Å². The molecule has 5 nitrogen and oxygen atoms in total. The SMILES string of the molecule is Cc1nc2ccc(Br)cn2c1C(=O)Nc1cccc2c(O)cccc12. The zero-order valence-electron chi connectivity index (χ0n) is 13.3. The van der Waals surface area contributed by atoms with E-state index in [-0.39, 0.29) is 11.7 Å².